The molecule has 1 heterocycles. The number of hydrogen-bond acceptors (Lipinski definition) is 4. The van der Waals surface area contributed by atoms with Crippen molar-refractivity contribution in [3.63, 3.8) is 0 Å². The van der Waals surface area contributed by atoms with E-state index < -0.39 is 10.0 Å². The Morgan fingerprint density at radius 2 is 2.08 bits per heavy atom. The predicted molar refractivity (Wildman–Crippen MR) is 98.2 cm³/mol. The molecule has 1 unspecified atom stereocenters. The second-order valence-electron chi connectivity index (χ2n) is 6.15. The van der Waals surface area contributed by atoms with Crippen molar-refractivity contribution >= 4 is 10.0 Å². The zero-order valence-electron chi connectivity index (χ0n) is 14.3. The average Bonchev–Trinajstić information content (AvgIpc) is 2.54. The van der Waals surface area contributed by atoms with E-state index in [0.717, 1.165) is 33.8 Å². The molecule has 3 rings (SSSR count). The second-order valence-corrected chi connectivity index (χ2v) is 7.76. The van der Waals surface area contributed by atoms with E-state index in [2.05, 4.69) is 6.58 Å². The summed E-state index contributed by atoms with van der Waals surface area (Å²) in [7, 11) is -1.97. The highest BCUT2D eigenvalue weighted by atomic mass is 32.2. The number of primary sulfonamides is 1. The Kier molecular flexibility index (Phi) is 4.58. The van der Waals surface area contributed by atoms with E-state index in [1.165, 1.54) is 0 Å². The van der Waals surface area contributed by atoms with E-state index in [-0.39, 0.29) is 11.9 Å². The van der Waals surface area contributed by atoms with Crippen LogP contribution in [0.15, 0.2) is 43.0 Å². The number of methoxy groups -OCH3 is 1. The van der Waals surface area contributed by atoms with Gasteiger partial charge >= 0.3 is 0 Å². The van der Waals surface area contributed by atoms with Gasteiger partial charge in [0.2, 0.25) is 10.0 Å². The number of benzene rings is 2. The third-order valence-corrected chi connectivity index (χ3v) is 5.01. The highest BCUT2D eigenvalue weighted by Gasteiger charge is 2.29. The molecule has 6 heteroatoms. The summed E-state index contributed by atoms with van der Waals surface area (Å²) in [6.45, 7) is 5.77. The summed E-state index contributed by atoms with van der Waals surface area (Å²) in [5.74, 6) is 1.30. The van der Waals surface area contributed by atoms with Crippen LogP contribution in [-0.2, 0) is 15.8 Å². The van der Waals surface area contributed by atoms with Crippen LogP contribution >= 0.6 is 0 Å². The van der Waals surface area contributed by atoms with Crippen LogP contribution in [0, 0.1) is 6.92 Å². The molecule has 25 heavy (non-hydrogen) atoms. The fraction of sp³-hybridized carbons (Fsp3) is 0.263. The Hall–Kier alpha value is -2.31. The fourth-order valence-corrected chi connectivity index (χ4v) is 3.90. The molecule has 0 radical (unpaired) electrons. The van der Waals surface area contributed by atoms with Gasteiger partial charge < -0.3 is 9.47 Å². The number of fused-ring (bicyclic) bond motifs is 3. The van der Waals surface area contributed by atoms with Gasteiger partial charge in [-0.3, -0.25) is 0 Å². The quantitative estimate of drug-likeness (QED) is 0.829. The van der Waals surface area contributed by atoms with Crippen LogP contribution in [0.25, 0.3) is 11.1 Å². The highest BCUT2D eigenvalue weighted by molar-refractivity contribution is 7.88. The number of ether oxygens (including phenoxy) is 2. The summed E-state index contributed by atoms with van der Waals surface area (Å²) in [6, 6.07) is 9.44. The van der Waals surface area contributed by atoms with Crippen molar-refractivity contribution in [3.05, 3.63) is 59.7 Å². The zero-order chi connectivity index (χ0) is 18.2. The normalized spacial score (nSPS) is 15.7. The first kappa shape index (κ1) is 17.5. The largest absolute Gasteiger partial charge is 0.496 e. The SMILES string of the molecule is C=CCC1Oc2ccc(C)c(OC)c2-c2ccc(CS(N)(=O)=O)cc21. The van der Waals surface area contributed by atoms with Gasteiger partial charge in [-0.25, -0.2) is 13.6 Å². The van der Waals surface area contributed by atoms with E-state index >= 15 is 0 Å². The van der Waals surface area contributed by atoms with Gasteiger partial charge in [0.25, 0.3) is 0 Å². The summed E-state index contributed by atoms with van der Waals surface area (Å²) in [5, 5.41) is 5.18. The summed E-state index contributed by atoms with van der Waals surface area (Å²) in [5.41, 5.74) is 4.42. The van der Waals surface area contributed by atoms with Gasteiger partial charge in [0.15, 0.2) is 0 Å². The Bertz CT molecular complexity index is 935. The minimum absolute atomic E-state index is 0.209. The van der Waals surface area contributed by atoms with Crippen molar-refractivity contribution in [1.82, 2.24) is 0 Å². The molecular formula is C19H21NO4S. The van der Waals surface area contributed by atoms with Gasteiger partial charge in [-0.05, 0) is 29.7 Å². The van der Waals surface area contributed by atoms with E-state index in [1.54, 1.807) is 19.3 Å². The smallest absolute Gasteiger partial charge is 0.213 e. The lowest BCUT2D eigenvalue weighted by atomic mass is 9.89. The van der Waals surface area contributed by atoms with Gasteiger partial charge in [-0.1, -0.05) is 30.3 Å². The second kappa shape index (κ2) is 6.54. The molecule has 1 atom stereocenters. The first-order chi connectivity index (χ1) is 11.8. The Balaban J connectivity index is 2.21. The lowest BCUT2D eigenvalue weighted by Crippen LogP contribution is -2.17. The van der Waals surface area contributed by atoms with Crippen LogP contribution in [0.4, 0.5) is 0 Å². The standard InChI is InChI=1S/C19H21NO4S/c1-4-5-16-15-10-13(11-25(20,21)22)7-8-14(15)18-17(24-16)9-6-12(2)19(18)23-3/h4,6-10,16H,1,5,11H2,2-3H3,(H2,20,21,22). The van der Waals surface area contributed by atoms with E-state index in [4.69, 9.17) is 14.6 Å². The van der Waals surface area contributed by atoms with Gasteiger partial charge in [0, 0.05) is 12.0 Å². The number of hydrogen-bond donors (Lipinski definition) is 1. The van der Waals surface area contributed by atoms with Crippen LogP contribution in [0.1, 0.15) is 29.2 Å². The molecule has 0 aromatic heterocycles. The molecular weight excluding hydrogens is 338 g/mol. The minimum Gasteiger partial charge on any atom is -0.496 e. The number of sulfonamides is 1. The molecule has 132 valence electrons. The Labute approximate surface area is 148 Å². The van der Waals surface area contributed by atoms with E-state index in [1.807, 2.05) is 31.2 Å². The van der Waals surface area contributed by atoms with Crippen LogP contribution in [0.3, 0.4) is 0 Å². The molecule has 2 N–H and O–H groups in total. The molecule has 2 aromatic carbocycles. The van der Waals surface area contributed by atoms with Gasteiger partial charge in [-0.2, -0.15) is 0 Å². The first-order valence-electron chi connectivity index (χ1n) is 7.93. The van der Waals surface area contributed by atoms with E-state index in [0.29, 0.717) is 12.0 Å². The third kappa shape index (κ3) is 3.41. The Morgan fingerprint density at radius 3 is 2.72 bits per heavy atom. The van der Waals surface area contributed by atoms with Crippen LogP contribution in [0.2, 0.25) is 0 Å². The molecule has 0 saturated carbocycles. The summed E-state index contributed by atoms with van der Waals surface area (Å²) >= 11 is 0. The lowest BCUT2D eigenvalue weighted by Gasteiger charge is -2.30. The minimum atomic E-state index is -3.60. The monoisotopic (exact) mass is 359 g/mol. The Morgan fingerprint density at radius 1 is 1.32 bits per heavy atom. The maximum atomic E-state index is 11.4. The summed E-state index contributed by atoms with van der Waals surface area (Å²) in [4.78, 5) is 0. The number of rotatable bonds is 5. The van der Waals surface area contributed by atoms with Crippen molar-refractivity contribution in [1.29, 1.82) is 0 Å². The lowest BCUT2D eigenvalue weighted by molar-refractivity contribution is 0.204. The molecule has 0 spiro atoms. The van der Waals surface area contributed by atoms with Gasteiger partial charge in [-0.15, -0.1) is 6.58 Å². The molecule has 1 aliphatic rings. The molecule has 5 nitrogen and oxygen atoms in total. The molecule has 1 aliphatic heterocycles. The molecule has 0 aliphatic carbocycles. The average molecular weight is 359 g/mol. The maximum absolute atomic E-state index is 11.4. The summed E-state index contributed by atoms with van der Waals surface area (Å²) in [6.07, 6.45) is 2.17. The van der Waals surface area contributed by atoms with Crippen molar-refractivity contribution in [2.75, 3.05) is 7.11 Å². The van der Waals surface area contributed by atoms with Crippen LogP contribution < -0.4 is 14.6 Å². The summed E-state index contributed by atoms with van der Waals surface area (Å²) < 4.78 is 34.6. The zero-order valence-corrected chi connectivity index (χ0v) is 15.1. The molecule has 0 amide bonds. The maximum Gasteiger partial charge on any atom is 0.213 e. The topological polar surface area (TPSA) is 78.6 Å². The van der Waals surface area contributed by atoms with Crippen molar-refractivity contribution in [3.8, 4) is 22.6 Å². The van der Waals surface area contributed by atoms with Crippen LogP contribution in [-0.4, -0.2) is 15.5 Å². The number of nitrogens with two attached hydrogens (primary N) is 1. The highest BCUT2D eigenvalue weighted by Crippen LogP contribution is 2.49. The van der Waals surface area contributed by atoms with Crippen molar-refractivity contribution in [2.45, 2.75) is 25.2 Å². The predicted octanol–water partition coefficient (Wildman–Crippen LogP) is 3.47. The fourth-order valence-electron chi connectivity index (χ4n) is 3.26. The van der Waals surface area contributed by atoms with E-state index in [9.17, 15) is 8.42 Å². The third-order valence-electron chi connectivity index (χ3n) is 4.27. The first-order valence-corrected chi connectivity index (χ1v) is 9.64. The van der Waals surface area contributed by atoms with Crippen LogP contribution in [0.5, 0.6) is 11.5 Å². The molecule has 2 aromatic rings. The molecule has 0 saturated heterocycles. The number of aryl methyl sites for hydroxylation is 1. The van der Waals surface area contributed by atoms with Gasteiger partial charge in [0.1, 0.15) is 17.6 Å². The molecule has 0 bridgehead atoms. The van der Waals surface area contributed by atoms with Crippen molar-refractivity contribution in [2.24, 2.45) is 5.14 Å². The van der Waals surface area contributed by atoms with Gasteiger partial charge in [0.05, 0.1) is 18.4 Å². The van der Waals surface area contributed by atoms with Crippen molar-refractivity contribution < 1.29 is 17.9 Å². The molecule has 0 fully saturated rings.